The van der Waals surface area contributed by atoms with Crippen molar-refractivity contribution in [2.45, 2.75) is 38.6 Å². The van der Waals surface area contributed by atoms with Crippen LogP contribution in [0.15, 0.2) is 64.8 Å². The van der Waals surface area contributed by atoms with Gasteiger partial charge in [-0.3, -0.25) is 4.79 Å². The van der Waals surface area contributed by atoms with E-state index >= 15 is 0 Å². The van der Waals surface area contributed by atoms with E-state index in [1.54, 1.807) is 24.3 Å². The van der Waals surface area contributed by atoms with Crippen molar-refractivity contribution in [3.8, 4) is 5.88 Å². The highest BCUT2D eigenvalue weighted by atomic mass is 16.3. The minimum atomic E-state index is -0.417. The van der Waals surface area contributed by atoms with Crippen molar-refractivity contribution in [1.29, 1.82) is 0 Å². The molecule has 1 saturated carbocycles. The van der Waals surface area contributed by atoms with Crippen molar-refractivity contribution < 1.29 is 9.90 Å². The van der Waals surface area contributed by atoms with Crippen molar-refractivity contribution in [1.82, 2.24) is 4.57 Å². The summed E-state index contributed by atoms with van der Waals surface area (Å²) < 4.78 is 1.92. The molecule has 1 aliphatic carbocycles. The Labute approximate surface area is 158 Å². The summed E-state index contributed by atoms with van der Waals surface area (Å²) in [6.07, 6.45) is 6.19. The van der Waals surface area contributed by atoms with E-state index in [1.807, 2.05) is 34.9 Å². The van der Waals surface area contributed by atoms with E-state index < -0.39 is 5.91 Å². The van der Waals surface area contributed by atoms with Gasteiger partial charge in [-0.15, -0.1) is 10.2 Å². The van der Waals surface area contributed by atoms with Crippen molar-refractivity contribution in [2.75, 3.05) is 0 Å². The van der Waals surface area contributed by atoms with Crippen LogP contribution in [-0.2, 0) is 6.54 Å². The van der Waals surface area contributed by atoms with Gasteiger partial charge in [-0.05, 0) is 37.0 Å². The second-order valence-electron chi connectivity index (χ2n) is 7.18. The van der Waals surface area contributed by atoms with Gasteiger partial charge < -0.3 is 9.67 Å². The van der Waals surface area contributed by atoms with E-state index in [4.69, 9.17) is 0 Å². The Balaban J connectivity index is 1.67. The third-order valence-corrected chi connectivity index (χ3v) is 5.34. The quantitative estimate of drug-likeness (QED) is 0.592. The Hall–Kier alpha value is -2.95. The number of para-hydroxylation sites is 1. The van der Waals surface area contributed by atoms with Gasteiger partial charge in [0.15, 0.2) is 5.69 Å². The van der Waals surface area contributed by atoms with Crippen LogP contribution in [0.3, 0.4) is 0 Å². The lowest BCUT2D eigenvalue weighted by Crippen LogP contribution is -2.13. The Morgan fingerprint density at radius 2 is 1.70 bits per heavy atom. The fraction of sp³-hybridized carbons (Fsp3) is 0.318. The van der Waals surface area contributed by atoms with Gasteiger partial charge in [-0.2, -0.15) is 0 Å². The smallest absolute Gasteiger partial charge is 0.295 e. The Bertz CT molecular complexity index is 970. The van der Waals surface area contributed by atoms with Gasteiger partial charge in [-0.25, -0.2) is 0 Å². The van der Waals surface area contributed by atoms with E-state index in [0.717, 1.165) is 17.4 Å². The number of amides is 1. The standard InChI is InChI=1S/C22H23N3O2/c26-21(17-11-5-2-6-12-17)24-23-20-18-13-7-8-14-19(18)25(22(20)27)15-16-9-3-1-4-10-16/h2,5-8,11-14,16,27H,1,3-4,9-10,15H2. The molecule has 0 unspecified atom stereocenters. The Kier molecular flexibility index (Phi) is 5.01. The number of carbonyl (C=O) groups is 1. The van der Waals surface area contributed by atoms with Crippen LogP contribution in [0.5, 0.6) is 5.88 Å². The topological polar surface area (TPSA) is 66.9 Å². The number of aromatic hydroxyl groups is 1. The molecular formula is C22H23N3O2. The molecule has 1 amide bonds. The number of benzene rings is 2. The average Bonchev–Trinajstić information content (AvgIpc) is 2.99. The number of hydrogen-bond donors (Lipinski definition) is 1. The van der Waals surface area contributed by atoms with Gasteiger partial charge in [0.25, 0.3) is 5.91 Å². The van der Waals surface area contributed by atoms with E-state index in [1.165, 1.54) is 32.1 Å². The molecule has 2 aromatic carbocycles. The fourth-order valence-electron chi connectivity index (χ4n) is 3.92. The van der Waals surface area contributed by atoms with Crippen molar-refractivity contribution in [2.24, 2.45) is 16.1 Å². The molecule has 27 heavy (non-hydrogen) atoms. The highest BCUT2D eigenvalue weighted by molar-refractivity contribution is 5.97. The number of rotatable bonds is 4. The number of carbonyl (C=O) groups excluding carboxylic acids is 1. The molecule has 1 heterocycles. The maximum Gasteiger partial charge on any atom is 0.295 e. The number of azo groups is 1. The predicted molar refractivity (Wildman–Crippen MR) is 105 cm³/mol. The third-order valence-electron chi connectivity index (χ3n) is 5.34. The van der Waals surface area contributed by atoms with Crippen LogP contribution in [0.2, 0.25) is 0 Å². The Morgan fingerprint density at radius 3 is 2.48 bits per heavy atom. The van der Waals surface area contributed by atoms with Crippen molar-refractivity contribution in [3.05, 3.63) is 60.2 Å². The van der Waals surface area contributed by atoms with Gasteiger partial charge in [0.2, 0.25) is 5.88 Å². The summed E-state index contributed by atoms with van der Waals surface area (Å²) in [4.78, 5) is 12.2. The molecule has 3 aromatic rings. The zero-order valence-corrected chi connectivity index (χ0v) is 15.2. The molecule has 0 radical (unpaired) electrons. The molecule has 1 aromatic heterocycles. The maximum absolute atomic E-state index is 12.2. The van der Waals surface area contributed by atoms with Gasteiger partial charge >= 0.3 is 0 Å². The highest BCUT2D eigenvalue weighted by Crippen LogP contribution is 2.40. The molecule has 0 bridgehead atoms. The molecule has 0 saturated heterocycles. The summed E-state index contributed by atoms with van der Waals surface area (Å²) in [6, 6.07) is 16.6. The van der Waals surface area contributed by atoms with Gasteiger partial charge in [0, 0.05) is 17.5 Å². The molecule has 0 aliphatic heterocycles. The van der Waals surface area contributed by atoms with Crippen LogP contribution in [0.25, 0.3) is 10.9 Å². The fourth-order valence-corrected chi connectivity index (χ4v) is 3.92. The van der Waals surface area contributed by atoms with E-state index in [0.29, 0.717) is 17.2 Å². The van der Waals surface area contributed by atoms with Gasteiger partial charge in [0.05, 0.1) is 5.52 Å². The van der Waals surface area contributed by atoms with Crippen LogP contribution in [0.4, 0.5) is 5.69 Å². The first kappa shape index (κ1) is 17.5. The first-order chi connectivity index (χ1) is 13.2. The molecule has 4 rings (SSSR count). The van der Waals surface area contributed by atoms with Gasteiger partial charge in [-0.1, -0.05) is 55.7 Å². The van der Waals surface area contributed by atoms with Crippen LogP contribution in [0, 0.1) is 5.92 Å². The molecule has 0 atom stereocenters. The molecular weight excluding hydrogens is 338 g/mol. The lowest BCUT2D eigenvalue weighted by Gasteiger charge is -2.22. The lowest BCUT2D eigenvalue weighted by atomic mass is 9.89. The molecule has 1 fully saturated rings. The first-order valence-electron chi connectivity index (χ1n) is 9.55. The summed E-state index contributed by atoms with van der Waals surface area (Å²) in [5.74, 6) is 0.238. The zero-order chi connectivity index (χ0) is 18.6. The minimum Gasteiger partial charge on any atom is -0.493 e. The maximum atomic E-state index is 12.2. The van der Waals surface area contributed by atoms with Gasteiger partial charge in [0.1, 0.15) is 0 Å². The number of fused-ring (bicyclic) bond motifs is 1. The summed E-state index contributed by atoms with van der Waals surface area (Å²) in [5.41, 5.74) is 1.78. The van der Waals surface area contributed by atoms with Crippen molar-refractivity contribution >= 4 is 22.5 Å². The molecule has 138 valence electrons. The molecule has 1 aliphatic rings. The van der Waals surface area contributed by atoms with E-state index in [9.17, 15) is 9.90 Å². The SMILES string of the molecule is O=C(N=Nc1c(O)n(CC2CCCCC2)c2ccccc12)c1ccccc1. The van der Waals surface area contributed by atoms with Crippen LogP contribution >= 0.6 is 0 Å². The summed E-state index contributed by atoms with van der Waals surface area (Å²) in [5, 5.41) is 19.6. The molecule has 5 nitrogen and oxygen atoms in total. The largest absolute Gasteiger partial charge is 0.493 e. The molecule has 5 heteroatoms. The first-order valence-corrected chi connectivity index (χ1v) is 9.55. The third kappa shape index (κ3) is 3.63. The summed E-state index contributed by atoms with van der Waals surface area (Å²) in [7, 11) is 0. The second kappa shape index (κ2) is 7.74. The monoisotopic (exact) mass is 361 g/mol. The predicted octanol–water partition coefficient (Wildman–Crippen LogP) is 5.85. The number of aromatic nitrogens is 1. The number of hydrogen-bond acceptors (Lipinski definition) is 3. The average molecular weight is 361 g/mol. The molecule has 0 spiro atoms. The Morgan fingerprint density at radius 1 is 1.00 bits per heavy atom. The normalized spacial score (nSPS) is 15.6. The zero-order valence-electron chi connectivity index (χ0n) is 15.2. The highest BCUT2D eigenvalue weighted by Gasteiger charge is 2.21. The lowest BCUT2D eigenvalue weighted by molar-refractivity contribution is 0.0995. The van der Waals surface area contributed by atoms with Crippen LogP contribution < -0.4 is 0 Å². The summed E-state index contributed by atoms with van der Waals surface area (Å²) >= 11 is 0. The summed E-state index contributed by atoms with van der Waals surface area (Å²) in [6.45, 7) is 0.772. The van der Waals surface area contributed by atoms with Crippen LogP contribution in [-0.4, -0.2) is 15.6 Å². The minimum absolute atomic E-state index is 0.0892. The van der Waals surface area contributed by atoms with E-state index in [2.05, 4.69) is 10.2 Å². The van der Waals surface area contributed by atoms with Crippen LogP contribution in [0.1, 0.15) is 42.5 Å². The van der Waals surface area contributed by atoms with E-state index in [-0.39, 0.29) is 5.88 Å². The molecule has 1 N–H and O–H groups in total. The second-order valence-corrected chi connectivity index (χ2v) is 7.18. The van der Waals surface area contributed by atoms with Crippen molar-refractivity contribution in [3.63, 3.8) is 0 Å². The number of nitrogens with zero attached hydrogens (tertiary/aromatic N) is 3.